The Labute approximate surface area is 104 Å². The molecule has 0 aliphatic carbocycles. The molecule has 96 valence electrons. The molecule has 1 amide bonds. The maximum Gasteiger partial charge on any atom is 0.317 e. The van der Waals surface area contributed by atoms with E-state index in [-0.39, 0.29) is 6.54 Å². The van der Waals surface area contributed by atoms with Crippen molar-refractivity contribution in [1.29, 1.82) is 0 Å². The summed E-state index contributed by atoms with van der Waals surface area (Å²) in [5.41, 5.74) is 0.556. The lowest BCUT2D eigenvalue weighted by Gasteiger charge is -2.36. The maximum atomic E-state index is 11.7. The van der Waals surface area contributed by atoms with Gasteiger partial charge in [0.1, 0.15) is 11.5 Å². The summed E-state index contributed by atoms with van der Waals surface area (Å²) in [7, 11) is 3.01. The highest BCUT2D eigenvalue weighted by atomic mass is 16.5. The van der Waals surface area contributed by atoms with Gasteiger partial charge in [0.05, 0.1) is 19.9 Å². The molecule has 1 aromatic carbocycles. The third-order valence-electron chi connectivity index (χ3n) is 2.91. The van der Waals surface area contributed by atoms with Gasteiger partial charge in [-0.2, -0.15) is 0 Å². The number of carbonyl (C=O) groups is 2. The van der Waals surface area contributed by atoms with E-state index in [0.717, 1.165) is 0 Å². The van der Waals surface area contributed by atoms with Gasteiger partial charge >= 0.3 is 5.97 Å². The molecule has 1 aliphatic rings. The SMILES string of the molecule is COc1ccc(N2CC(C(=O)O)C2=O)c(OC)c1. The summed E-state index contributed by atoms with van der Waals surface area (Å²) in [4.78, 5) is 23.8. The number of hydrogen-bond donors (Lipinski definition) is 1. The van der Waals surface area contributed by atoms with Gasteiger partial charge in [0, 0.05) is 12.6 Å². The lowest BCUT2D eigenvalue weighted by molar-refractivity contribution is -0.149. The van der Waals surface area contributed by atoms with Crippen LogP contribution < -0.4 is 14.4 Å². The number of amides is 1. The van der Waals surface area contributed by atoms with Gasteiger partial charge in [0.2, 0.25) is 5.91 Å². The molecule has 0 aromatic heterocycles. The molecule has 1 heterocycles. The predicted molar refractivity (Wildman–Crippen MR) is 63.0 cm³/mol. The second kappa shape index (κ2) is 4.56. The fourth-order valence-corrected chi connectivity index (χ4v) is 1.84. The standard InChI is InChI=1S/C12H13NO5/c1-17-7-3-4-9(10(5-7)18-2)13-6-8(11(13)14)12(15)16/h3-5,8H,6H2,1-2H3,(H,15,16). The molecule has 6 heteroatoms. The van der Waals surface area contributed by atoms with Gasteiger partial charge in [-0.15, -0.1) is 0 Å². The molecule has 0 saturated carbocycles. The lowest BCUT2D eigenvalue weighted by Crippen LogP contribution is -2.56. The predicted octanol–water partition coefficient (Wildman–Crippen LogP) is 0.751. The van der Waals surface area contributed by atoms with Crippen LogP contribution in [0.3, 0.4) is 0 Å². The van der Waals surface area contributed by atoms with E-state index in [1.165, 1.54) is 19.1 Å². The molecule has 1 saturated heterocycles. The lowest BCUT2D eigenvalue weighted by atomic mass is 9.98. The Morgan fingerprint density at radius 3 is 2.61 bits per heavy atom. The molecule has 18 heavy (non-hydrogen) atoms. The quantitative estimate of drug-likeness (QED) is 0.631. The number of hydrogen-bond acceptors (Lipinski definition) is 4. The number of aliphatic carboxylic acids is 1. The highest BCUT2D eigenvalue weighted by molar-refractivity contribution is 6.12. The van der Waals surface area contributed by atoms with Crippen molar-refractivity contribution < 1.29 is 24.2 Å². The van der Waals surface area contributed by atoms with E-state index >= 15 is 0 Å². The first-order chi connectivity index (χ1) is 8.58. The second-order valence-corrected chi connectivity index (χ2v) is 3.88. The molecule has 1 unspecified atom stereocenters. The van der Waals surface area contributed by atoms with E-state index in [2.05, 4.69) is 0 Å². The first kappa shape index (κ1) is 12.2. The highest BCUT2D eigenvalue weighted by Gasteiger charge is 2.43. The minimum absolute atomic E-state index is 0.164. The van der Waals surface area contributed by atoms with E-state index < -0.39 is 17.8 Å². The van der Waals surface area contributed by atoms with E-state index in [4.69, 9.17) is 14.6 Å². The fourth-order valence-electron chi connectivity index (χ4n) is 1.84. The van der Waals surface area contributed by atoms with Crippen LogP contribution >= 0.6 is 0 Å². The minimum atomic E-state index is -1.09. The summed E-state index contributed by atoms with van der Waals surface area (Å²) in [6.07, 6.45) is 0. The van der Waals surface area contributed by atoms with Crippen molar-refractivity contribution in [2.45, 2.75) is 0 Å². The normalized spacial score (nSPS) is 18.2. The summed E-state index contributed by atoms with van der Waals surface area (Å²) >= 11 is 0. The van der Waals surface area contributed by atoms with Crippen LogP contribution in [0.1, 0.15) is 0 Å². The molecule has 1 aliphatic heterocycles. The van der Waals surface area contributed by atoms with Crippen molar-refractivity contribution in [3.05, 3.63) is 18.2 Å². The summed E-state index contributed by atoms with van der Waals surface area (Å²) in [5.74, 6) is -1.38. The Hall–Kier alpha value is -2.24. The number of carboxylic acid groups (broad SMARTS) is 1. The molecule has 0 spiro atoms. The van der Waals surface area contributed by atoms with E-state index in [1.807, 2.05) is 0 Å². The molecule has 0 radical (unpaired) electrons. The summed E-state index contributed by atoms with van der Waals surface area (Å²) in [6, 6.07) is 5.02. The minimum Gasteiger partial charge on any atom is -0.497 e. The molecule has 1 atom stereocenters. The van der Waals surface area contributed by atoms with Crippen molar-refractivity contribution in [3.63, 3.8) is 0 Å². The summed E-state index contributed by atoms with van der Waals surface area (Å²) in [6.45, 7) is 0.164. The zero-order valence-corrected chi connectivity index (χ0v) is 10.0. The maximum absolute atomic E-state index is 11.7. The number of carboxylic acids is 1. The fraction of sp³-hybridized carbons (Fsp3) is 0.333. The molecular formula is C12H13NO5. The first-order valence-corrected chi connectivity index (χ1v) is 5.34. The van der Waals surface area contributed by atoms with Crippen LogP contribution in [0.25, 0.3) is 0 Å². The van der Waals surface area contributed by atoms with Gasteiger partial charge in [-0.1, -0.05) is 0 Å². The number of methoxy groups -OCH3 is 2. The number of rotatable bonds is 4. The van der Waals surface area contributed by atoms with E-state index in [9.17, 15) is 9.59 Å². The molecule has 1 N–H and O–H groups in total. The van der Waals surface area contributed by atoms with Crippen molar-refractivity contribution in [1.82, 2.24) is 0 Å². The van der Waals surface area contributed by atoms with Gasteiger partial charge in [-0.3, -0.25) is 9.59 Å². The summed E-state index contributed by atoms with van der Waals surface area (Å²) < 4.78 is 10.2. The van der Waals surface area contributed by atoms with Crippen LogP contribution in [0.4, 0.5) is 5.69 Å². The van der Waals surface area contributed by atoms with Crippen LogP contribution in [-0.2, 0) is 9.59 Å². The first-order valence-electron chi connectivity index (χ1n) is 5.34. The molecular weight excluding hydrogens is 238 g/mol. The Balaban J connectivity index is 2.25. The van der Waals surface area contributed by atoms with Crippen molar-refractivity contribution >= 4 is 17.6 Å². The average Bonchev–Trinajstić information content (AvgIpc) is 2.36. The number of carbonyl (C=O) groups excluding carboxylic acids is 1. The van der Waals surface area contributed by atoms with Crippen molar-refractivity contribution in [2.24, 2.45) is 5.92 Å². The Kier molecular flexibility index (Phi) is 3.10. The van der Waals surface area contributed by atoms with Gasteiger partial charge < -0.3 is 19.5 Å². The largest absolute Gasteiger partial charge is 0.497 e. The van der Waals surface area contributed by atoms with Gasteiger partial charge in [-0.25, -0.2) is 0 Å². The number of benzene rings is 1. The van der Waals surface area contributed by atoms with E-state index in [1.54, 1.807) is 18.2 Å². The number of β-lactam (4-membered cyclic amide) rings is 1. The van der Waals surface area contributed by atoms with Crippen LogP contribution in [0.5, 0.6) is 11.5 Å². The van der Waals surface area contributed by atoms with Crippen LogP contribution in [0.15, 0.2) is 18.2 Å². The number of anilines is 1. The number of ether oxygens (including phenoxy) is 2. The summed E-state index contributed by atoms with van der Waals surface area (Å²) in [5, 5.41) is 8.78. The van der Waals surface area contributed by atoms with Gasteiger partial charge in [0.15, 0.2) is 5.92 Å². The third-order valence-corrected chi connectivity index (χ3v) is 2.91. The highest BCUT2D eigenvalue weighted by Crippen LogP contribution is 2.36. The van der Waals surface area contributed by atoms with Gasteiger partial charge in [0.25, 0.3) is 0 Å². The Morgan fingerprint density at radius 1 is 1.39 bits per heavy atom. The Bertz CT molecular complexity index is 499. The van der Waals surface area contributed by atoms with Crippen molar-refractivity contribution in [2.75, 3.05) is 25.7 Å². The monoisotopic (exact) mass is 251 g/mol. The topological polar surface area (TPSA) is 76.1 Å². The third kappa shape index (κ3) is 1.85. The van der Waals surface area contributed by atoms with Crippen LogP contribution in [-0.4, -0.2) is 37.7 Å². The second-order valence-electron chi connectivity index (χ2n) is 3.88. The average molecular weight is 251 g/mol. The number of nitrogens with zero attached hydrogens (tertiary/aromatic N) is 1. The van der Waals surface area contributed by atoms with Gasteiger partial charge in [-0.05, 0) is 12.1 Å². The van der Waals surface area contributed by atoms with E-state index in [0.29, 0.717) is 17.2 Å². The molecule has 1 aromatic rings. The molecule has 0 bridgehead atoms. The zero-order valence-electron chi connectivity index (χ0n) is 10.0. The van der Waals surface area contributed by atoms with Crippen LogP contribution in [0.2, 0.25) is 0 Å². The molecule has 6 nitrogen and oxygen atoms in total. The van der Waals surface area contributed by atoms with Crippen LogP contribution in [0, 0.1) is 5.92 Å². The molecule has 2 rings (SSSR count). The Morgan fingerprint density at radius 2 is 2.11 bits per heavy atom. The molecule has 1 fully saturated rings. The smallest absolute Gasteiger partial charge is 0.317 e. The van der Waals surface area contributed by atoms with Crippen molar-refractivity contribution in [3.8, 4) is 11.5 Å². The zero-order chi connectivity index (χ0) is 13.3.